The summed E-state index contributed by atoms with van der Waals surface area (Å²) in [5.74, 6) is -2.48. The van der Waals surface area contributed by atoms with E-state index in [0.29, 0.717) is 5.56 Å². The fourth-order valence-electron chi connectivity index (χ4n) is 2.13. The van der Waals surface area contributed by atoms with Crippen LogP contribution < -0.4 is 5.32 Å². The minimum Gasteiger partial charge on any atom is -0.481 e. The normalized spacial score (nSPS) is 13.3. The van der Waals surface area contributed by atoms with Gasteiger partial charge in [0.15, 0.2) is 0 Å². The zero-order valence-corrected chi connectivity index (χ0v) is 13.8. The van der Waals surface area contributed by atoms with Gasteiger partial charge in [0.1, 0.15) is 5.82 Å². The quantitative estimate of drug-likeness (QED) is 0.823. The maximum absolute atomic E-state index is 13.6. The number of carbonyl (C=O) groups is 2. The molecule has 0 saturated heterocycles. The average Bonchev–Trinajstić information content (AvgIpc) is 3.02. The van der Waals surface area contributed by atoms with Crippen molar-refractivity contribution in [1.29, 1.82) is 0 Å². The van der Waals surface area contributed by atoms with Crippen LogP contribution >= 0.6 is 22.9 Å². The molecule has 1 amide bonds. The van der Waals surface area contributed by atoms with Gasteiger partial charge in [-0.3, -0.25) is 9.59 Å². The third-order valence-electron chi connectivity index (χ3n) is 3.48. The Morgan fingerprint density at radius 2 is 2.09 bits per heavy atom. The lowest BCUT2D eigenvalue weighted by Gasteiger charge is -2.20. The third-order valence-corrected chi connectivity index (χ3v) is 4.49. The first kappa shape index (κ1) is 17.4. The largest absolute Gasteiger partial charge is 0.481 e. The molecule has 0 saturated carbocycles. The first-order chi connectivity index (χ1) is 10.9. The van der Waals surface area contributed by atoms with Crippen LogP contribution in [0.25, 0.3) is 0 Å². The van der Waals surface area contributed by atoms with Gasteiger partial charge in [0, 0.05) is 0 Å². The fraction of sp³-hybridized carbons (Fsp3) is 0.250. The summed E-state index contributed by atoms with van der Waals surface area (Å²) in [7, 11) is 0. The Morgan fingerprint density at radius 1 is 1.35 bits per heavy atom. The summed E-state index contributed by atoms with van der Waals surface area (Å²) in [5.41, 5.74) is 1.21. The molecule has 7 heteroatoms. The minimum absolute atomic E-state index is 0.0548. The van der Waals surface area contributed by atoms with E-state index in [1.807, 2.05) is 16.8 Å². The molecule has 0 aliphatic rings. The summed E-state index contributed by atoms with van der Waals surface area (Å²) >= 11 is 7.11. The Kier molecular flexibility index (Phi) is 5.74. The molecule has 0 fully saturated rings. The summed E-state index contributed by atoms with van der Waals surface area (Å²) in [6.45, 7) is 1.73. The number of benzene rings is 1. The molecule has 0 aliphatic heterocycles. The van der Waals surface area contributed by atoms with E-state index in [9.17, 15) is 14.0 Å². The molecule has 0 spiro atoms. The SMILES string of the molecule is CC(C(=O)NC(CC(=O)O)c1ccc(Cl)c(F)c1)c1ccsc1. The second kappa shape index (κ2) is 7.57. The molecule has 1 heterocycles. The number of aliphatic carboxylic acids is 1. The van der Waals surface area contributed by atoms with Gasteiger partial charge in [-0.25, -0.2) is 4.39 Å². The lowest BCUT2D eigenvalue weighted by Crippen LogP contribution is -2.33. The average molecular weight is 356 g/mol. The Hall–Kier alpha value is -1.92. The van der Waals surface area contributed by atoms with Crippen molar-refractivity contribution in [1.82, 2.24) is 5.32 Å². The van der Waals surface area contributed by atoms with E-state index in [2.05, 4.69) is 5.32 Å². The van der Waals surface area contributed by atoms with Gasteiger partial charge in [-0.05, 0) is 47.0 Å². The van der Waals surface area contributed by atoms with Crippen LogP contribution in [0, 0.1) is 5.82 Å². The zero-order chi connectivity index (χ0) is 17.0. The molecule has 0 radical (unpaired) electrons. The number of hydrogen-bond acceptors (Lipinski definition) is 3. The van der Waals surface area contributed by atoms with Crippen LogP contribution in [0.3, 0.4) is 0 Å². The summed E-state index contributed by atoms with van der Waals surface area (Å²) in [6, 6.07) is 5.01. The standard InChI is InChI=1S/C16H15ClFNO3S/c1-9(11-4-5-23-8-11)16(22)19-14(7-15(20)21)10-2-3-12(17)13(18)6-10/h2-6,8-9,14H,7H2,1H3,(H,19,22)(H,20,21). The molecular weight excluding hydrogens is 341 g/mol. The lowest BCUT2D eigenvalue weighted by atomic mass is 10.00. The number of amides is 1. The van der Waals surface area contributed by atoms with E-state index in [1.54, 1.807) is 6.92 Å². The molecule has 1 aromatic carbocycles. The van der Waals surface area contributed by atoms with Crippen molar-refractivity contribution >= 4 is 34.8 Å². The van der Waals surface area contributed by atoms with Crippen LogP contribution in [0.1, 0.15) is 36.4 Å². The van der Waals surface area contributed by atoms with E-state index < -0.39 is 23.7 Å². The second-order valence-electron chi connectivity index (χ2n) is 5.11. The number of carbonyl (C=O) groups excluding carboxylic acids is 1. The third kappa shape index (κ3) is 4.53. The molecule has 0 bridgehead atoms. The molecule has 2 N–H and O–H groups in total. The van der Waals surface area contributed by atoms with E-state index in [0.717, 1.165) is 11.6 Å². The predicted molar refractivity (Wildman–Crippen MR) is 87.3 cm³/mol. The Bertz CT molecular complexity index is 705. The van der Waals surface area contributed by atoms with Gasteiger partial charge in [-0.15, -0.1) is 0 Å². The van der Waals surface area contributed by atoms with Crippen LogP contribution in [0.4, 0.5) is 4.39 Å². The van der Waals surface area contributed by atoms with Crippen LogP contribution in [-0.4, -0.2) is 17.0 Å². The highest BCUT2D eigenvalue weighted by atomic mass is 35.5. The van der Waals surface area contributed by atoms with Crippen molar-refractivity contribution in [3.05, 3.63) is 57.0 Å². The smallest absolute Gasteiger partial charge is 0.305 e. The van der Waals surface area contributed by atoms with Gasteiger partial charge in [0.2, 0.25) is 5.91 Å². The van der Waals surface area contributed by atoms with Crippen LogP contribution in [0.5, 0.6) is 0 Å². The predicted octanol–water partition coefficient (Wildman–Crippen LogP) is 3.98. The Morgan fingerprint density at radius 3 is 2.65 bits per heavy atom. The van der Waals surface area contributed by atoms with Gasteiger partial charge in [0.25, 0.3) is 0 Å². The van der Waals surface area contributed by atoms with Crippen LogP contribution in [0.15, 0.2) is 35.0 Å². The summed E-state index contributed by atoms with van der Waals surface area (Å²) < 4.78 is 13.6. The topological polar surface area (TPSA) is 66.4 Å². The Balaban J connectivity index is 2.19. The molecule has 122 valence electrons. The maximum Gasteiger partial charge on any atom is 0.305 e. The summed E-state index contributed by atoms with van der Waals surface area (Å²) in [5, 5.41) is 15.4. The minimum atomic E-state index is -1.09. The highest BCUT2D eigenvalue weighted by Gasteiger charge is 2.23. The monoisotopic (exact) mass is 355 g/mol. The molecular formula is C16H15ClFNO3S. The first-order valence-electron chi connectivity index (χ1n) is 6.87. The molecule has 2 unspecified atom stereocenters. The van der Waals surface area contributed by atoms with Crippen molar-refractivity contribution in [3.63, 3.8) is 0 Å². The number of thiophene rings is 1. The number of halogens is 2. The number of carboxylic acids is 1. The number of rotatable bonds is 6. The van der Waals surface area contributed by atoms with Gasteiger partial charge in [-0.2, -0.15) is 11.3 Å². The van der Waals surface area contributed by atoms with Gasteiger partial charge in [0.05, 0.1) is 23.4 Å². The Labute approximate surface area is 141 Å². The van der Waals surface area contributed by atoms with Gasteiger partial charge < -0.3 is 10.4 Å². The highest BCUT2D eigenvalue weighted by molar-refractivity contribution is 7.08. The van der Waals surface area contributed by atoms with Crippen molar-refractivity contribution in [2.45, 2.75) is 25.3 Å². The van der Waals surface area contributed by atoms with E-state index >= 15 is 0 Å². The van der Waals surface area contributed by atoms with Crippen molar-refractivity contribution < 1.29 is 19.1 Å². The molecule has 4 nitrogen and oxygen atoms in total. The van der Waals surface area contributed by atoms with E-state index in [4.69, 9.17) is 16.7 Å². The van der Waals surface area contributed by atoms with Crippen molar-refractivity contribution in [2.24, 2.45) is 0 Å². The van der Waals surface area contributed by atoms with Crippen molar-refractivity contribution in [3.8, 4) is 0 Å². The van der Waals surface area contributed by atoms with E-state index in [-0.39, 0.29) is 17.4 Å². The molecule has 2 aromatic rings. The molecule has 0 aliphatic carbocycles. The van der Waals surface area contributed by atoms with Crippen molar-refractivity contribution in [2.75, 3.05) is 0 Å². The lowest BCUT2D eigenvalue weighted by molar-refractivity contribution is -0.137. The van der Waals surface area contributed by atoms with E-state index in [1.165, 1.54) is 23.5 Å². The first-order valence-corrected chi connectivity index (χ1v) is 8.19. The number of nitrogens with one attached hydrogen (secondary N) is 1. The zero-order valence-electron chi connectivity index (χ0n) is 12.3. The molecule has 2 atom stereocenters. The summed E-state index contributed by atoms with van der Waals surface area (Å²) in [6.07, 6.45) is -0.344. The van der Waals surface area contributed by atoms with Gasteiger partial charge in [-0.1, -0.05) is 17.7 Å². The van der Waals surface area contributed by atoms with Crippen LogP contribution in [0.2, 0.25) is 5.02 Å². The molecule has 23 heavy (non-hydrogen) atoms. The number of carboxylic acid groups (broad SMARTS) is 1. The van der Waals surface area contributed by atoms with Gasteiger partial charge >= 0.3 is 5.97 Å². The maximum atomic E-state index is 13.6. The summed E-state index contributed by atoms with van der Waals surface area (Å²) in [4.78, 5) is 23.4. The molecule has 2 rings (SSSR count). The number of hydrogen-bond donors (Lipinski definition) is 2. The molecule has 1 aromatic heterocycles. The second-order valence-corrected chi connectivity index (χ2v) is 6.30. The fourth-order valence-corrected chi connectivity index (χ4v) is 3.00. The van der Waals surface area contributed by atoms with Crippen LogP contribution in [-0.2, 0) is 9.59 Å². The highest BCUT2D eigenvalue weighted by Crippen LogP contribution is 2.24.